The quantitative estimate of drug-likeness (QED) is 0.500. The highest BCUT2D eigenvalue weighted by Crippen LogP contribution is 2.31. The van der Waals surface area contributed by atoms with E-state index in [2.05, 4.69) is 10.6 Å². The van der Waals surface area contributed by atoms with E-state index in [1.807, 2.05) is 0 Å². The van der Waals surface area contributed by atoms with Gasteiger partial charge in [0.05, 0.1) is 23.1 Å². The summed E-state index contributed by atoms with van der Waals surface area (Å²) in [6.07, 6.45) is 0.690. The number of ether oxygens (including phenoxy) is 1. The molecule has 2 atom stereocenters. The van der Waals surface area contributed by atoms with Crippen molar-refractivity contribution in [2.75, 3.05) is 28.7 Å². The van der Waals surface area contributed by atoms with E-state index < -0.39 is 34.0 Å². The number of sulfonamides is 1. The van der Waals surface area contributed by atoms with Gasteiger partial charge in [-0.05, 0) is 61.4 Å². The second-order valence-electron chi connectivity index (χ2n) is 8.93. The standard InChI is InChI=1S/C25H28N4O7S/c1-16(30)26-18-5-9-20(10-6-18)29-24(32)14-23(25(29)33)28(15-21-4-3-13-36-21)37(34,35)22-11-7-19(8-12-22)27-17(2)31/h5-12,21,23H,3-4,13-15H2,1-2H3,(H,26,30)(H,27,31). The second-order valence-corrected chi connectivity index (χ2v) is 10.8. The number of hydrogen-bond acceptors (Lipinski definition) is 7. The van der Waals surface area contributed by atoms with E-state index in [0.29, 0.717) is 24.4 Å². The molecule has 196 valence electrons. The van der Waals surface area contributed by atoms with E-state index in [1.54, 1.807) is 12.1 Å². The summed E-state index contributed by atoms with van der Waals surface area (Å²) < 4.78 is 34.2. The van der Waals surface area contributed by atoms with Gasteiger partial charge in [0.25, 0.3) is 5.91 Å². The summed E-state index contributed by atoms with van der Waals surface area (Å²) in [6.45, 7) is 3.13. The van der Waals surface area contributed by atoms with Gasteiger partial charge >= 0.3 is 0 Å². The Morgan fingerprint density at radius 1 is 0.973 bits per heavy atom. The van der Waals surface area contributed by atoms with Crippen molar-refractivity contribution >= 4 is 50.7 Å². The van der Waals surface area contributed by atoms with E-state index >= 15 is 0 Å². The maximum absolute atomic E-state index is 13.7. The molecule has 2 aliphatic rings. The topological polar surface area (TPSA) is 142 Å². The molecule has 2 heterocycles. The van der Waals surface area contributed by atoms with Crippen LogP contribution in [0, 0.1) is 0 Å². The maximum atomic E-state index is 13.7. The average molecular weight is 529 g/mol. The molecule has 0 bridgehead atoms. The number of nitrogens with one attached hydrogen (secondary N) is 2. The van der Waals surface area contributed by atoms with E-state index in [9.17, 15) is 27.6 Å². The minimum Gasteiger partial charge on any atom is -0.377 e. The first-order valence-corrected chi connectivity index (χ1v) is 13.3. The van der Waals surface area contributed by atoms with Crippen LogP contribution >= 0.6 is 0 Å². The largest absolute Gasteiger partial charge is 0.377 e. The highest BCUT2D eigenvalue weighted by Gasteiger charge is 2.47. The highest BCUT2D eigenvalue weighted by molar-refractivity contribution is 7.89. The predicted molar refractivity (Wildman–Crippen MR) is 135 cm³/mol. The van der Waals surface area contributed by atoms with Crippen LogP contribution < -0.4 is 15.5 Å². The zero-order valence-corrected chi connectivity index (χ0v) is 21.3. The van der Waals surface area contributed by atoms with Crippen LogP contribution in [0.2, 0.25) is 0 Å². The first-order valence-electron chi connectivity index (χ1n) is 11.8. The van der Waals surface area contributed by atoms with Crippen LogP contribution in [0.15, 0.2) is 53.4 Å². The molecule has 12 heteroatoms. The third kappa shape index (κ3) is 5.87. The SMILES string of the molecule is CC(=O)Nc1ccc(N2C(=O)CC(N(CC3CCCO3)S(=O)(=O)c3ccc(NC(C)=O)cc3)C2=O)cc1. The number of anilines is 3. The lowest BCUT2D eigenvalue weighted by atomic mass is 10.2. The number of nitrogens with zero attached hydrogens (tertiary/aromatic N) is 2. The van der Waals surface area contributed by atoms with Crippen molar-refractivity contribution in [2.45, 2.75) is 50.2 Å². The summed E-state index contributed by atoms with van der Waals surface area (Å²) in [5.74, 6) is -1.75. The molecule has 2 aromatic rings. The van der Waals surface area contributed by atoms with Crippen LogP contribution in [0.3, 0.4) is 0 Å². The van der Waals surface area contributed by atoms with Crippen molar-refractivity contribution in [2.24, 2.45) is 0 Å². The Bertz CT molecular complexity index is 1300. The smallest absolute Gasteiger partial charge is 0.252 e. The molecule has 4 amide bonds. The molecular formula is C25H28N4O7S. The average Bonchev–Trinajstić information content (AvgIpc) is 3.45. The van der Waals surface area contributed by atoms with Crippen molar-refractivity contribution in [3.05, 3.63) is 48.5 Å². The molecule has 2 unspecified atom stereocenters. The summed E-state index contributed by atoms with van der Waals surface area (Å²) in [4.78, 5) is 49.9. The van der Waals surface area contributed by atoms with Crippen molar-refractivity contribution in [1.29, 1.82) is 0 Å². The highest BCUT2D eigenvalue weighted by atomic mass is 32.2. The van der Waals surface area contributed by atoms with Crippen LogP contribution in [0.5, 0.6) is 0 Å². The van der Waals surface area contributed by atoms with Crippen molar-refractivity contribution in [3.8, 4) is 0 Å². The summed E-state index contributed by atoms with van der Waals surface area (Å²) in [5, 5.41) is 5.19. The first-order chi connectivity index (χ1) is 17.6. The Morgan fingerprint density at radius 3 is 2.05 bits per heavy atom. The summed E-state index contributed by atoms with van der Waals surface area (Å²) in [5.41, 5.74) is 1.20. The van der Waals surface area contributed by atoms with Gasteiger partial charge in [-0.25, -0.2) is 13.3 Å². The summed E-state index contributed by atoms with van der Waals surface area (Å²) >= 11 is 0. The molecule has 0 radical (unpaired) electrons. The van der Waals surface area contributed by atoms with E-state index in [1.165, 1.54) is 50.2 Å². The molecule has 0 aliphatic carbocycles. The van der Waals surface area contributed by atoms with E-state index in [0.717, 1.165) is 15.6 Å². The third-order valence-electron chi connectivity index (χ3n) is 6.11. The van der Waals surface area contributed by atoms with Crippen molar-refractivity contribution in [3.63, 3.8) is 0 Å². The van der Waals surface area contributed by atoms with Gasteiger partial charge < -0.3 is 15.4 Å². The molecule has 2 aromatic carbocycles. The molecule has 2 aliphatic heterocycles. The zero-order chi connectivity index (χ0) is 26.7. The summed E-state index contributed by atoms with van der Waals surface area (Å²) in [6, 6.07) is 10.5. The second kappa shape index (κ2) is 10.8. The first kappa shape index (κ1) is 26.5. The molecule has 11 nitrogen and oxygen atoms in total. The lowest BCUT2D eigenvalue weighted by Crippen LogP contribution is -2.48. The van der Waals surface area contributed by atoms with Crippen LogP contribution in [-0.4, -0.2) is 61.6 Å². The normalized spacial score (nSPS) is 19.9. The molecule has 2 saturated heterocycles. The van der Waals surface area contributed by atoms with Crippen LogP contribution in [0.25, 0.3) is 0 Å². The van der Waals surface area contributed by atoms with Gasteiger partial charge in [0.1, 0.15) is 6.04 Å². The third-order valence-corrected chi connectivity index (χ3v) is 7.99. The Labute approximate surface area is 214 Å². The molecule has 0 aromatic heterocycles. The lowest BCUT2D eigenvalue weighted by Gasteiger charge is -2.29. The van der Waals surface area contributed by atoms with Crippen molar-refractivity contribution < 1.29 is 32.3 Å². The van der Waals surface area contributed by atoms with Gasteiger partial charge in [0, 0.05) is 38.4 Å². The zero-order valence-electron chi connectivity index (χ0n) is 20.5. The number of benzene rings is 2. The fourth-order valence-electron chi connectivity index (χ4n) is 4.44. The minimum absolute atomic E-state index is 0.0713. The molecule has 37 heavy (non-hydrogen) atoms. The minimum atomic E-state index is -4.21. The molecule has 4 rings (SSSR count). The van der Waals surface area contributed by atoms with Crippen LogP contribution in [0.1, 0.15) is 33.1 Å². The Hall–Kier alpha value is -3.61. The Kier molecular flexibility index (Phi) is 7.71. The fourth-order valence-corrected chi connectivity index (χ4v) is 6.05. The monoisotopic (exact) mass is 528 g/mol. The van der Waals surface area contributed by atoms with Crippen LogP contribution in [-0.2, 0) is 33.9 Å². The van der Waals surface area contributed by atoms with Gasteiger partial charge in [0.15, 0.2) is 0 Å². The van der Waals surface area contributed by atoms with Gasteiger partial charge in [-0.15, -0.1) is 0 Å². The van der Waals surface area contributed by atoms with Gasteiger partial charge in [-0.2, -0.15) is 4.31 Å². The van der Waals surface area contributed by atoms with Crippen LogP contribution in [0.4, 0.5) is 17.1 Å². The van der Waals surface area contributed by atoms with Gasteiger partial charge in [-0.3, -0.25) is 19.2 Å². The summed E-state index contributed by atoms with van der Waals surface area (Å²) in [7, 11) is -4.21. The van der Waals surface area contributed by atoms with Gasteiger partial charge in [-0.1, -0.05) is 0 Å². The molecule has 0 saturated carbocycles. The van der Waals surface area contributed by atoms with E-state index in [-0.39, 0.29) is 35.4 Å². The number of carbonyl (C=O) groups excluding carboxylic acids is 4. The molecule has 2 fully saturated rings. The molecular weight excluding hydrogens is 500 g/mol. The predicted octanol–water partition coefficient (Wildman–Crippen LogP) is 2.11. The Morgan fingerprint density at radius 2 is 1.54 bits per heavy atom. The van der Waals surface area contributed by atoms with Crippen molar-refractivity contribution in [1.82, 2.24) is 4.31 Å². The number of imide groups is 1. The number of amides is 4. The maximum Gasteiger partial charge on any atom is 0.252 e. The van der Waals surface area contributed by atoms with E-state index in [4.69, 9.17) is 4.74 Å². The van der Waals surface area contributed by atoms with Gasteiger partial charge in [0.2, 0.25) is 27.7 Å². The Balaban J connectivity index is 1.63. The fraction of sp³-hybridized carbons (Fsp3) is 0.360. The number of rotatable bonds is 8. The molecule has 0 spiro atoms. The number of hydrogen-bond donors (Lipinski definition) is 2. The lowest BCUT2D eigenvalue weighted by molar-refractivity contribution is -0.122. The molecule has 2 N–H and O–H groups in total. The number of carbonyl (C=O) groups is 4.